The van der Waals surface area contributed by atoms with Gasteiger partial charge in [-0.25, -0.2) is 0 Å². The minimum absolute atomic E-state index is 0.0177. The average molecular weight is 304 g/mol. The van der Waals surface area contributed by atoms with Gasteiger partial charge in [0.25, 0.3) is 5.91 Å². The van der Waals surface area contributed by atoms with Gasteiger partial charge in [-0.2, -0.15) is 0 Å². The molecule has 0 heterocycles. The molecule has 1 rings (SSSR count). The summed E-state index contributed by atoms with van der Waals surface area (Å²) in [5, 5.41) is 12.6. The zero-order valence-electron chi connectivity index (χ0n) is 11.2. The van der Waals surface area contributed by atoms with Gasteiger partial charge in [0.05, 0.1) is 10.6 Å². The molecule has 0 saturated heterocycles. The van der Waals surface area contributed by atoms with E-state index in [1.807, 2.05) is 0 Å². The van der Waals surface area contributed by atoms with Crippen molar-refractivity contribution in [2.45, 2.75) is 26.7 Å². The van der Waals surface area contributed by atoms with Crippen molar-refractivity contribution >= 4 is 29.1 Å². The maximum atomic E-state index is 12.1. The minimum atomic E-state index is -0.294. The Bertz CT molecular complexity index is 437. The van der Waals surface area contributed by atoms with Gasteiger partial charge in [-0.05, 0) is 31.0 Å². The lowest BCUT2D eigenvalue weighted by molar-refractivity contribution is 0.0931. The fourth-order valence-electron chi connectivity index (χ4n) is 1.79. The number of phenolic OH excluding ortho intramolecular Hbond substituents is 1. The maximum absolute atomic E-state index is 12.1. The largest absolute Gasteiger partial charge is 0.508 e. The predicted molar refractivity (Wildman–Crippen MR) is 79.2 cm³/mol. The van der Waals surface area contributed by atoms with E-state index in [0.717, 1.165) is 12.8 Å². The van der Waals surface area contributed by atoms with E-state index in [0.29, 0.717) is 17.4 Å². The van der Waals surface area contributed by atoms with Gasteiger partial charge in [0, 0.05) is 17.8 Å². The first-order valence-corrected chi connectivity index (χ1v) is 7.22. The number of nitrogens with one attached hydrogen (secondary N) is 1. The van der Waals surface area contributed by atoms with Crippen LogP contribution in [-0.4, -0.2) is 23.4 Å². The molecule has 1 aromatic rings. The van der Waals surface area contributed by atoms with Crippen LogP contribution in [0.4, 0.5) is 0 Å². The van der Waals surface area contributed by atoms with Crippen LogP contribution in [0.15, 0.2) is 18.2 Å². The summed E-state index contributed by atoms with van der Waals surface area (Å²) in [7, 11) is 0. The van der Waals surface area contributed by atoms with E-state index < -0.39 is 0 Å². The highest BCUT2D eigenvalue weighted by Gasteiger charge is 2.26. The summed E-state index contributed by atoms with van der Waals surface area (Å²) in [5.74, 6) is 0.218. The summed E-state index contributed by atoms with van der Waals surface area (Å²) in [4.78, 5) is 12.1. The third kappa shape index (κ3) is 4.02. The van der Waals surface area contributed by atoms with Crippen molar-refractivity contribution in [1.82, 2.24) is 5.32 Å². The quantitative estimate of drug-likeness (QED) is 0.785. The fourth-order valence-corrected chi connectivity index (χ4v) is 2.46. The molecule has 0 saturated carbocycles. The van der Waals surface area contributed by atoms with E-state index in [9.17, 15) is 9.90 Å². The van der Waals surface area contributed by atoms with Crippen LogP contribution >= 0.6 is 23.2 Å². The molecule has 0 spiro atoms. The number of benzene rings is 1. The molecule has 2 N–H and O–H groups in total. The summed E-state index contributed by atoms with van der Waals surface area (Å²) in [6, 6.07) is 4.30. The second kappa shape index (κ2) is 7.01. The lowest BCUT2D eigenvalue weighted by Gasteiger charge is -2.29. The standard InChI is InChI=1S/C14H19Cl2NO2/c1-3-14(4-2,8-15)9-17-13(19)11-7-10(18)5-6-12(11)16/h5-7,18H,3-4,8-9H2,1-2H3,(H,17,19). The van der Waals surface area contributed by atoms with Crippen molar-refractivity contribution in [3.8, 4) is 5.75 Å². The fraction of sp³-hybridized carbons (Fsp3) is 0.500. The zero-order valence-corrected chi connectivity index (χ0v) is 12.7. The molecule has 0 atom stereocenters. The van der Waals surface area contributed by atoms with E-state index >= 15 is 0 Å². The molecule has 0 aliphatic rings. The Morgan fingerprint density at radius 2 is 2.00 bits per heavy atom. The molecule has 0 unspecified atom stereocenters. The Morgan fingerprint density at radius 1 is 1.37 bits per heavy atom. The third-order valence-electron chi connectivity index (χ3n) is 3.60. The molecular formula is C14H19Cl2NO2. The second-order valence-electron chi connectivity index (χ2n) is 4.69. The van der Waals surface area contributed by atoms with Crippen LogP contribution in [0.1, 0.15) is 37.0 Å². The number of amides is 1. The molecule has 3 nitrogen and oxygen atoms in total. The summed E-state index contributed by atoms with van der Waals surface area (Å²) < 4.78 is 0. The molecule has 0 aliphatic heterocycles. The number of aromatic hydroxyl groups is 1. The van der Waals surface area contributed by atoms with Crippen molar-refractivity contribution in [2.24, 2.45) is 5.41 Å². The first kappa shape index (κ1) is 16.1. The molecule has 0 fully saturated rings. The molecular weight excluding hydrogens is 285 g/mol. The second-order valence-corrected chi connectivity index (χ2v) is 5.36. The summed E-state index contributed by atoms with van der Waals surface area (Å²) in [6.07, 6.45) is 1.78. The Kier molecular flexibility index (Phi) is 5.95. The van der Waals surface area contributed by atoms with Crippen molar-refractivity contribution in [3.63, 3.8) is 0 Å². The highest BCUT2D eigenvalue weighted by atomic mass is 35.5. The number of halogens is 2. The van der Waals surface area contributed by atoms with Crippen LogP contribution < -0.4 is 5.32 Å². The SMILES string of the molecule is CCC(CC)(CCl)CNC(=O)c1cc(O)ccc1Cl. The number of carbonyl (C=O) groups excluding carboxylic acids is 1. The van der Waals surface area contributed by atoms with Gasteiger partial charge < -0.3 is 10.4 Å². The highest BCUT2D eigenvalue weighted by Crippen LogP contribution is 2.27. The number of carbonyl (C=O) groups is 1. The number of hydrogen-bond donors (Lipinski definition) is 2. The third-order valence-corrected chi connectivity index (χ3v) is 4.50. The monoisotopic (exact) mass is 303 g/mol. The lowest BCUT2D eigenvalue weighted by atomic mass is 9.84. The first-order chi connectivity index (χ1) is 8.98. The summed E-state index contributed by atoms with van der Waals surface area (Å²) >= 11 is 11.9. The highest BCUT2D eigenvalue weighted by molar-refractivity contribution is 6.33. The van der Waals surface area contributed by atoms with E-state index in [1.54, 1.807) is 0 Å². The Morgan fingerprint density at radius 3 is 2.53 bits per heavy atom. The van der Waals surface area contributed by atoms with Gasteiger partial charge in [-0.1, -0.05) is 25.4 Å². The van der Waals surface area contributed by atoms with Crippen LogP contribution in [0.5, 0.6) is 5.75 Å². The van der Waals surface area contributed by atoms with E-state index in [4.69, 9.17) is 23.2 Å². The van der Waals surface area contributed by atoms with E-state index in [1.165, 1.54) is 18.2 Å². The van der Waals surface area contributed by atoms with Gasteiger partial charge >= 0.3 is 0 Å². The van der Waals surface area contributed by atoms with Gasteiger partial charge in [0.1, 0.15) is 5.75 Å². The molecule has 19 heavy (non-hydrogen) atoms. The molecule has 0 bridgehead atoms. The lowest BCUT2D eigenvalue weighted by Crippen LogP contribution is -2.38. The minimum Gasteiger partial charge on any atom is -0.508 e. The zero-order chi connectivity index (χ0) is 14.5. The van der Waals surface area contributed by atoms with Crippen molar-refractivity contribution in [2.75, 3.05) is 12.4 Å². The number of rotatable bonds is 6. The Balaban J connectivity index is 2.77. The Labute approximate surface area is 123 Å². The molecule has 0 aliphatic carbocycles. The van der Waals surface area contributed by atoms with Crippen molar-refractivity contribution < 1.29 is 9.90 Å². The topological polar surface area (TPSA) is 49.3 Å². The molecule has 0 aromatic heterocycles. The van der Waals surface area contributed by atoms with Gasteiger partial charge in [-0.3, -0.25) is 4.79 Å². The van der Waals surface area contributed by atoms with Crippen LogP contribution in [0.25, 0.3) is 0 Å². The number of hydrogen-bond acceptors (Lipinski definition) is 2. The molecule has 1 aromatic carbocycles. The van der Waals surface area contributed by atoms with Crippen LogP contribution in [-0.2, 0) is 0 Å². The van der Waals surface area contributed by atoms with Crippen molar-refractivity contribution in [1.29, 1.82) is 0 Å². The molecule has 106 valence electrons. The molecule has 0 radical (unpaired) electrons. The van der Waals surface area contributed by atoms with Crippen molar-refractivity contribution in [3.05, 3.63) is 28.8 Å². The predicted octanol–water partition coefficient (Wildman–Crippen LogP) is 3.82. The smallest absolute Gasteiger partial charge is 0.252 e. The number of phenols is 1. The van der Waals surface area contributed by atoms with Gasteiger partial charge in [-0.15, -0.1) is 11.6 Å². The Hall–Kier alpha value is -0.930. The maximum Gasteiger partial charge on any atom is 0.252 e. The van der Waals surface area contributed by atoms with Gasteiger partial charge in [0.2, 0.25) is 0 Å². The first-order valence-electron chi connectivity index (χ1n) is 6.30. The van der Waals surface area contributed by atoms with Gasteiger partial charge in [0.15, 0.2) is 0 Å². The van der Waals surface area contributed by atoms with E-state index in [2.05, 4.69) is 19.2 Å². The van der Waals surface area contributed by atoms with Crippen LogP contribution in [0, 0.1) is 5.41 Å². The number of alkyl halides is 1. The average Bonchev–Trinajstić information content (AvgIpc) is 2.43. The van der Waals surface area contributed by atoms with Crippen LogP contribution in [0.3, 0.4) is 0 Å². The van der Waals surface area contributed by atoms with Crippen LogP contribution in [0.2, 0.25) is 5.02 Å². The molecule has 5 heteroatoms. The molecule has 1 amide bonds. The summed E-state index contributed by atoms with van der Waals surface area (Å²) in [6.45, 7) is 4.60. The summed E-state index contributed by atoms with van der Waals surface area (Å²) in [5.41, 5.74) is 0.179. The van der Waals surface area contributed by atoms with E-state index in [-0.39, 0.29) is 22.6 Å². The normalized spacial score (nSPS) is 11.4.